The molecule has 0 aliphatic carbocycles. The second-order valence-corrected chi connectivity index (χ2v) is 4.57. The van der Waals surface area contributed by atoms with Crippen LogP contribution in [-0.2, 0) is 11.4 Å². The van der Waals surface area contributed by atoms with E-state index in [0.717, 1.165) is 0 Å². The molecule has 0 bridgehead atoms. The zero-order chi connectivity index (χ0) is 14.0. The number of aliphatic hydroxyl groups excluding tert-OH is 1. The highest BCUT2D eigenvalue weighted by molar-refractivity contribution is 6.31. The molecule has 1 heterocycles. The van der Waals surface area contributed by atoms with E-state index in [1.54, 1.807) is 18.2 Å². The van der Waals surface area contributed by atoms with Crippen LogP contribution in [0.2, 0.25) is 5.02 Å². The van der Waals surface area contributed by atoms with Crippen LogP contribution in [0.1, 0.15) is 23.2 Å². The lowest BCUT2D eigenvalue weighted by Crippen LogP contribution is -2.11. The number of aromatic nitrogens is 1. The van der Waals surface area contributed by atoms with E-state index in [9.17, 15) is 14.7 Å². The van der Waals surface area contributed by atoms with Crippen LogP contribution in [0, 0.1) is 0 Å². The first-order valence-electron chi connectivity index (χ1n) is 5.68. The zero-order valence-corrected chi connectivity index (χ0v) is 10.7. The zero-order valence-electron chi connectivity index (χ0n) is 9.97. The Kier molecular flexibility index (Phi) is 3.87. The molecular formula is C13H12ClNO4. The third kappa shape index (κ3) is 2.77. The highest BCUT2D eigenvalue weighted by Crippen LogP contribution is 2.25. The molecule has 0 aliphatic heterocycles. The maximum atomic E-state index is 12.0. The minimum absolute atomic E-state index is 0.0907. The monoisotopic (exact) mass is 281 g/mol. The molecular weight excluding hydrogens is 270 g/mol. The average molecular weight is 282 g/mol. The van der Waals surface area contributed by atoms with Gasteiger partial charge in [-0.2, -0.15) is 0 Å². The van der Waals surface area contributed by atoms with Crippen molar-refractivity contribution < 1.29 is 19.8 Å². The summed E-state index contributed by atoms with van der Waals surface area (Å²) >= 11 is 5.89. The fraction of sp³-hybridized carbons (Fsp3) is 0.231. The lowest BCUT2D eigenvalue weighted by Gasteiger charge is -2.02. The van der Waals surface area contributed by atoms with E-state index in [1.807, 2.05) is 0 Å². The minimum atomic E-state index is -1.02. The van der Waals surface area contributed by atoms with Crippen molar-refractivity contribution in [3.63, 3.8) is 0 Å². The van der Waals surface area contributed by atoms with Gasteiger partial charge in [-0.15, -0.1) is 0 Å². The van der Waals surface area contributed by atoms with E-state index in [0.29, 0.717) is 21.5 Å². The fourth-order valence-corrected chi connectivity index (χ4v) is 2.11. The third-order valence-corrected chi connectivity index (χ3v) is 3.08. The second-order valence-electron chi connectivity index (χ2n) is 4.13. The van der Waals surface area contributed by atoms with Gasteiger partial charge in [0.15, 0.2) is 0 Å². The summed E-state index contributed by atoms with van der Waals surface area (Å²) in [5, 5.41) is 19.1. The van der Waals surface area contributed by atoms with Gasteiger partial charge in [-0.1, -0.05) is 11.6 Å². The van der Waals surface area contributed by atoms with Crippen LogP contribution in [0.3, 0.4) is 0 Å². The molecule has 0 aliphatic rings. The van der Waals surface area contributed by atoms with Crippen molar-refractivity contribution in [2.75, 3.05) is 0 Å². The number of carboxylic acid groups (broad SMARTS) is 1. The topological polar surface area (TPSA) is 79.5 Å². The summed E-state index contributed by atoms with van der Waals surface area (Å²) in [6.07, 6.45) is 1.21. The van der Waals surface area contributed by atoms with Crippen LogP contribution < -0.4 is 0 Å². The molecule has 5 nitrogen and oxygen atoms in total. The second kappa shape index (κ2) is 5.42. The molecule has 6 heteroatoms. The van der Waals surface area contributed by atoms with Gasteiger partial charge in [0.25, 0.3) is 0 Å². The molecule has 2 aromatic rings. The number of aliphatic carboxylic acids is 1. The number of carbonyl (C=O) groups excluding carboxylic acids is 1. The molecule has 0 saturated carbocycles. The highest BCUT2D eigenvalue weighted by atomic mass is 35.5. The molecule has 1 aromatic carbocycles. The minimum Gasteiger partial charge on any atom is -0.481 e. The Morgan fingerprint density at radius 1 is 1.26 bits per heavy atom. The molecule has 1 aromatic heterocycles. The predicted octanol–water partition coefficient (Wildman–Crippen LogP) is 2.29. The number of carboxylic acids is 1. The first kappa shape index (κ1) is 13.6. The smallest absolute Gasteiger partial charge is 0.303 e. The number of hydrogen-bond acceptors (Lipinski definition) is 3. The summed E-state index contributed by atoms with van der Waals surface area (Å²) in [5.41, 5.74) is 1.20. The summed E-state index contributed by atoms with van der Waals surface area (Å²) in [5.74, 6) is -1.34. The van der Waals surface area contributed by atoms with Crippen LogP contribution in [0.15, 0.2) is 24.4 Å². The van der Waals surface area contributed by atoms with Crippen molar-refractivity contribution in [3.8, 4) is 0 Å². The number of halogens is 1. The van der Waals surface area contributed by atoms with E-state index in [4.69, 9.17) is 16.7 Å². The van der Waals surface area contributed by atoms with Gasteiger partial charge in [-0.05, 0) is 18.2 Å². The number of benzene rings is 1. The summed E-state index contributed by atoms with van der Waals surface area (Å²) in [6.45, 7) is -0.212. The third-order valence-electron chi connectivity index (χ3n) is 2.84. The lowest BCUT2D eigenvalue weighted by molar-refractivity contribution is -0.136. The van der Waals surface area contributed by atoms with E-state index in [-0.39, 0.29) is 25.4 Å². The van der Waals surface area contributed by atoms with E-state index < -0.39 is 5.97 Å². The SMILES string of the molecule is O=C(O)CCC(=O)n1cc(CO)c2cc(Cl)ccc21. The van der Waals surface area contributed by atoms with Gasteiger partial charge >= 0.3 is 5.97 Å². The van der Waals surface area contributed by atoms with Crippen molar-refractivity contribution in [2.24, 2.45) is 0 Å². The van der Waals surface area contributed by atoms with Crippen molar-refractivity contribution in [3.05, 3.63) is 35.0 Å². The Bertz CT molecular complexity index is 647. The van der Waals surface area contributed by atoms with Crippen LogP contribution in [0.25, 0.3) is 10.9 Å². The fourth-order valence-electron chi connectivity index (χ4n) is 1.94. The summed E-state index contributed by atoms with van der Waals surface area (Å²) in [6, 6.07) is 4.99. The Hall–Kier alpha value is -1.85. The number of aliphatic hydroxyl groups is 1. The number of fused-ring (bicyclic) bond motifs is 1. The van der Waals surface area contributed by atoms with Crippen molar-refractivity contribution in [2.45, 2.75) is 19.4 Å². The normalized spacial score (nSPS) is 10.8. The summed E-state index contributed by atoms with van der Waals surface area (Å²) in [7, 11) is 0. The Balaban J connectivity index is 2.43. The molecule has 0 amide bonds. The molecule has 2 rings (SSSR count). The summed E-state index contributed by atoms with van der Waals surface area (Å²) in [4.78, 5) is 22.4. The molecule has 100 valence electrons. The van der Waals surface area contributed by atoms with Gasteiger partial charge in [0.1, 0.15) is 0 Å². The maximum absolute atomic E-state index is 12.0. The molecule has 0 saturated heterocycles. The van der Waals surface area contributed by atoms with Crippen LogP contribution >= 0.6 is 11.6 Å². The maximum Gasteiger partial charge on any atom is 0.303 e. The van der Waals surface area contributed by atoms with E-state index >= 15 is 0 Å². The molecule has 0 unspecified atom stereocenters. The molecule has 0 spiro atoms. The Morgan fingerprint density at radius 3 is 2.63 bits per heavy atom. The van der Waals surface area contributed by atoms with Crippen molar-refractivity contribution in [1.29, 1.82) is 0 Å². The van der Waals surface area contributed by atoms with Crippen LogP contribution in [0.5, 0.6) is 0 Å². The van der Waals surface area contributed by atoms with Crippen LogP contribution in [0.4, 0.5) is 0 Å². The quantitative estimate of drug-likeness (QED) is 0.901. The lowest BCUT2D eigenvalue weighted by atomic mass is 10.2. The first-order valence-corrected chi connectivity index (χ1v) is 6.06. The van der Waals surface area contributed by atoms with E-state index in [1.165, 1.54) is 10.8 Å². The number of rotatable bonds is 4. The molecule has 0 fully saturated rings. The van der Waals surface area contributed by atoms with E-state index in [2.05, 4.69) is 0 Å². The number of carbonyl (C=O) groups is 2. The number of nitrogens with zero attached hydrogens (tertiary/aromatic N) is 1. The number of hydrogen-bond donors (Lipinski definition) is 2. The van der Waals surface area contributed by atoms with Crippen molar-refractivity contribution >= 4 is 34.4 Å². The van der Waals surface area contributed by atoms with Gasteiger partial charge in [-0.25, -0.2) is 0 Å². The van der Waals surface area contributed by atoms with Crippen LogP contribution in [-0.4, -0.2) is 26.7 Å². The van der Waals surface area contributed by atoms with Gasteiger partial charge < -0.3 is 10.2 Å². The van der Waals surface area contributed by atoms with Gasteiger partial charge in [0.2, 0.25) is 5.91 Å². The van der Waals surface area contributed by atoms with Gasteiger partial charge in [0, 0.05) is 28.6 Å². The predicted molar refractivity (Wildman–Crippen MR) is 70.4 cm³/mol. The molecule has 19 heavy (non-hydrogen) atoms. The standard InChI is InChI=1S/C13H12ClNO4/c14-9-1-2-11-10(5-9)8(7-16)6-15(11)12(17)3-4-13(18)19/h1-2,5-6,16H,3-4,7H2,(H,18,19). The Labute approximate surface area is 114 Å². The summed E-state index contributed by atoms with van der Waals surface area (Å²) < 4.78 is 1.36. The molecule has 2 N–H and O–H groups in total. The van der Waals surface area contributed by atoms with Crippen molar-refractivity contribution in [1.82, 2.24) is 4.57 Å². The average Bonchev–Trinajstić information content (AvgIpc) is 2.73. The van der Waals surface area contributed by atoms with Gasteiger partial charge in [-0.3, -0.25) is 14.2 Å². The van der Waals surface area contributed by atoms with Gasteiger partial charge in [0.05, 0.1) is 18.5 Å². The highest BCUT2D eigenvalue weighted by Gasteiger charge is 2.14. The molecule has 0 atom stereocenters. The largest absolute Gasteiger partial charge is 0.481 e. The molecule has 0 radical (unpaired) electrons. The Morgan fingerprint density at radius 2 is 2.00 bits per heavy atom. The first-order chi connectivity index (χ1) is 9.02.